The molecule has 0 bridgehead atoms. The van der Waals surface area contributed by atoms with Crippen LogP contribution >= 0.6 is 11.3 Å². The highest BCUT2D eigenvalue weighted by Crippen LogP contribution is 2.41. The number of nitrogens with one attached hydrogen (secondary N) is 2. The second-order valence-electron chi connectivity index (χ2n) is 6.31. The van der Waals surface area contributed by atoms with E-state index in [4.69, 9.17) is 4.74 Å². The first kappa shape index (κ1) is 16.8. The molecule has 0 radical (unpaired) electrons. The predicted octanol–water partition coefficient (Wildman–Crippen LogP) is 4.27. The molecule has 1 aliphatic carbocycles. The van der Waals surface area contributed by atoms with Gasteiger partial charge in [-0.1, -0.05) is 12.1 Å². The van der Waals surface area contributed by atoms with Crippen LogP contribution in [0.4, 0.5) is 10.5 Å². The van der Waals surface area contributed by atoms with Crippen LogP contribution in [0.1, 0.15) is 48.9 Å². The quantitative estimate of drug-likeness (QED) is 0.787. The van der Waals surface area contributed by atoms with Crippen molar-refractivity contribution < 1.29 is 9.53 Å². The van der Waals surface area contributed by atoms with Crippen LogP contribution in [0.5, 0.6) is 0 Å². The number of carbonyl (C=O) groups excluding carboxylic acids is 1. The standard InChI is InChI=1S/C18H23N3O2S/c1-12(2)23-18(22)20-9-13-3-7-15(8-4-13)19-10-16-11-24-17(21-16)14-5-6-14/h3-4,7-8,11-12,14,19H,5-6,9-10H2,1-2H3,(H,20,22). The number of anilines is 1. The summed E-state index contributed by atoms with van der Waals surface area (Å²) in [5.41, 5.74) is 3.18. The Kier molecular flexibility index (Phi) is 5.35. The van der Waals surface area contributed by atoms with E-state index >= 15 is 0 Å². The number of aromatic nitrogens is 1. The van der Waals surface area contributed by atoms with E-state index in [-0.39, 0.29) is 12.2 Å². The fourth-order valence-corrected chi connectivity index (χ4v) is 3.28. The highest BCUT2D eigenvalue weighted by Gasteiger charge is 2.26. The Labute approximate surface area is 146 Å². The van der Waals surface area contributed by atoms with Crippen LogP contribution in [0.2, 0.25) is 0 Å². The lowest BCUT2D eigenvalue weighted by Gasteiger charge is -2.10. The number of rotatable bonds is 7. The smallest absolute Gasteiger partial charge is 0.407 e. The average molecular weight is 345 g/mol. The number of amides is 1. The van der Waals surface area contributed by atoms with Gasteiger partial charge in [-0.2, -0.15) is 0 Å². The molecule has 1 saturated carbocycles. The van der Waals surface area contributed by atoms with Gasteiger partial charge >= 0.3 is 6.09 Å². The van der Waals surface area contributed by atoms with E-state index in [0.717, 1.165) is 29.4 Å². The molecule has 1 aromatic carbocycles. The van der Waals surface area contributed by atoms with Crippen molar-refractivity contribution in [2.75, 3.05) is 5.32 Å². The number of alkyl carbamates (subject to hydrolysis) is 1. The summed E-state index contributed by atoms with van der Waals surface area (Å²) < 4.78 is 5.04. The molecule has 2 N–H and O–H groups in total. The summed E-state index contributed by atoms with van der Waals surface area (Å²) >= 11 is 1.77. The van der Waals surface area contributed by atoms with E-state index in [1.807, 2.05) is 38.1 Å². The van der Waals surface area contributed by atoms with Gasteiger partial charge in [-0.3, -0.25) is 0 Å². The van der Waals surface area contributed by atoms with Gasteiger partial charge < -0.3 is 15.4 Å². The SMILES string of the molecule is CC(C)OC(=O)NCc1ccc(NCc2csc(C3CC3)n2)cc1. The van der Waals surface area contributed by atoms with Crippen LogP contribution < -0.4 is 10.6 Å². The van der Waals surface area contributed by atoms with E-state index < -0.39 is 0 Å². The zero-order valence-corrected chi connectivity index (χ0v) is 14.9. The first-order valence-electron chi connectivity index (χ1n) is 8.32. The van der Waals surface area contributed by atoms with Crippen molar-refractivity contribution in [2.24, 2.45) is 0 Å². The van der Waals surface area contributed by atoms with Crippen LogP contribution in [0.15, 0.2) is 29.6 Å². The van der Waals surface area contributed by atoms with Crippen molar-refractivity contribution in [1.82, 2.24) is 10.3 Å². The van der Waals surface area contributed by atoms with E-state index in [0.29, 0.717) is 6.54 Å². The van der Waals surface area contributed by atoms with E-state index in [1.54, 1.807) is 11.3 Å². The van der Waals surface area contributed by atoms with E-state index in [1.165, 1.54) is 17.8 Å². The Hall–Kier alpha value is -2.08. The Morgan fingerprint density at radius 3 is 2.71 bits per heavy atom. The van der Waals surface area contributed by atoms with Crippen molar-refractivity contribution in [2.45, 2.75) is 51.8 Å². The number of thiazole rings is 1. The molecule has 3 rings (SSSR count). The molecule has 0 saturated heterocycles. The normalized spacial score (nSPS) is 13.8. The third kappa shape index (κ3) is 4.96. The Morgan fingerprint density at radius 2 is 2.04 bits per heavy atom. The molecule has 1 aliphatic rings. The minimum Gasteiger partial charge on any atom is -0.447 e. The summed E-state index contributed by atoms with van der Waals surface area (Å²) in [6.45, 7) is 4.86. The molecule has 24 heavy (non-hydrogen) atoms. The number of benzene rings is 1. The highest BCUT2D eigenvalue weighted by molar-refractivity contribution is 7.09. The van der Waals surface area contributed by atoms with Gasteiger partial charge in [0.15, 0.2) is 0 Å². The molecular formula is C18H23N3O2S. The minimum atomic E-state index is -0.387. The summed E-state index contributed by atoms with van der Waals surface area (Å²) in [7, 11) is 0. The second-order valence-corrected chi connectivity index (χ2v) is 7.20. The maximum absolute atomic E-state index is 11.5. The maximum atomic E-state index is 11.5. The zero-order chi connectivity index (χ0) is 16.9. The number of hydrogen-bond acceptors (Lipinski definition) is 5. The van der Waals surface area contributed by atoms with Crippen molar-refractivity contribution in [3.63, 3.8) is 0 Å². The van der Waals surface area contributed by atoms with Gasteiger partial charge in [-0.25, -0.2) is 9.78 Å². The Balaban J connectivity index is 1.44. The largest absolute Gasteiger partial charge is 0.447 e. The number of ether oxygens (including phenoxy) is 1. The molecule has 1 heterocycles. The molecule has 1 fully saturated rings. The molecular weight excluding hydrogens is 322 g/mol. The first-order chi connectivity index (χ1) is 11.6. The van der Waals surface area contributed by atoms with Gasteiger partial charge in [0.1, 0.15) is 0 Å². The van der Waals surface area contributed by atoms with Gasteiger partial charge in [0, 0.05) is 23.5 Å². The molecule has 1 amide bonds. The van der Waals surface area contributed by atoms with E-state index in [2.05, 4.69) is 21.0 Å². The van der Waals surface area contributed by atoms with Crippen molar-refractivity contribution in [3.05, 3.63) is 45.9 Å². The third-order valence-corrected chi connectivity index (χ3v) is 4.76. The van der Waals surface area contributed by atoms with Crippen molar-refractivity contribution in [1.29, 1.82) is 0 Å². The summed E-state index contributed by atoms with van der Waals surface area (Å²) in [6.07, 6.45) is 2.09. The van der Waals surface area contributed by atoms with Gasteiger partial charge in [-0.05, 0) is 44.4 Å². The summed E-state index contributed by atoms with van der Waals surface area (Å²) in [4.78, 5) is 16.1. The van der Waals surface area contributed by atoms with Crippen LogP contribution in [0, 0.1) is 0 Å². The van der Waals surface area contributed by atoms with Gasteiger partial charge in [0.2, 0.25) is 0 Å². The highest BCUT2D eigenvalue weighted by atomic mass is 32.1. The number of hydrogen-bond donors (Lipinski definition) is 2. The first-order valence-corrected chi connectivity index (χ1v) is 9.19. The lowest BCUT2D eigenvalue weighted by molar-refractivity contribution is 0.115. The minimum absolute atomic E-state index is 0.109. The van der Waals surface area contributed by atoms with Crippen LogP contribution in [0.25, 0.3) is 0 Å². The van der Waals surface area contributed by atoms with Crippen LogP contribution in [-0.4, -0.2) is 17.2 Å². The fourth-order valence-electron chi connectivity index (χ4n) is 2.28. The van der Waals surface area contributed by atoms with Crippen LogP contribution in [0.3, 0.4) is 0 Å². The maximum Gasteiger partial charge on any atom is 0.407 e. The molecule has 5 nitrogen and oxygen atoms in total. The Morgan fingerprint density at radius 1 is 1.29 bits per heavy atom. The summed E-state index contributed by atoms with van der Waals surface area (Å²) in [6, 6.07) is 8.02. The molecule has 6 heteroatoms. The zero-order valence-electron chi connectivity index (χ0n) is 14.0. The predicted molar refractivity (Wildman–Crippen MR) is 96.3 cm³/mol. The topological polar surface area (TPSA) is 63.2 Å². The lowest BCUT2D eigenvalue weighted by atomic mass is 10.2. The molecule has 2 aromatic rings. The number of carbonyl (C=O) groups is 1. The van der Waals surface area contributed by atoms with Gasteiger partial charge in [-0.15, -0.1) is 11.3 Å². The number of nitrogens with zero attached hydrogens (tertiary/aromatic N) is 1. The van der Waals surface area contributed by atoms with Crippen molar-refractivity contribution in [3.8, 4) is 0 Å². The molecule has 0 atom stereocenters. The third-order valence-electron chi connectivity index (χ3n) is 3.70. The summed E-state index contributed by atoms with van der Waals surface area (Å²) in [5, 5.41) is 9.54. The molecule has 0 aliphatic heterocycles. The molecule has 1 aromatic heterocycles. The fraction of sp³-hybridized carbons (Fsp3) is 0.444. The van der Waals surface area contributed by atoms with Crippen LogP contribution in [-0.2, 0) is 17.8 Å². The van der Waals surface area contributed by atoms with Gasteiger partial charge in [0.25, 0.3) is 0 Å². The molecule has 0 spiro atoms. The van der Waals surface area contributed by atoms with Gasteiger partial charge in [0.05, 0.1) is 23.4 Å². The summed E-state index contributed by atoms with van der Waals surface area (Å²) in [5.74, 6) is 0.720. The monoisotopic (exact) mass is 345 g/mol. The lowest BCUT2D eigenvalue weighted by Crippen LogP contribution is -2.26. The second kappa shape index (κ2) is 7.66. The molecule has 128 valence electrons. The van der Waals surface area contributed by atoms with Crippen molar-refractivity contribution >= 4 is 23.1 Å². The average Bonchev–Trinajstić information content (AvgIpc) is 3.30. The molecule has 0 unspecified atom stereocenters. The Bertz CT molecular complexity index is 678. The van der Waals surface area contributed by atoms with E-state index in [9.17, 15) is 4.79 Å².